The van der Waals surface area contributed by atoms with Crippen LogP contribution < -0.4 is 10.4 Å². The number of rotatable bonds is 5. The van der Waals surface area contributed by atoms with Gasteiger partial charge in [-0.25, -0.2) is 9.78 Å². The number of H-pyrrole nitrogens is 1. The lowest BCUT2D eigenvalue weighted by Crippen LogP contribution is -2.23. The van der Waals surface area contributed by atoms with Crippen molar-refractivity contribution in [2.45, 2.75) is 6.54 Å². The second-order valence-electron chi connectivity index (χ2n) is 7.41. The summed E-state index contributed by atoms with van der Waals surface area (Å²) in [6, 6.07) is 15.7. The maximum absolute atomic E-state index is 12.8. The zero-order valence-corrected chi connectivity index (χ0v) is 17.2. The number of nitrogens with zero attached hydrogens (tertiary/aromatic N) is 4. The second kappa shape index (κ2) is 7.60. The molecule has 1 N–H and O–H groups in total. The number of pyridine rings is 2. The van der Waals surface area contributed by atoms with Crippen LogP contribution in [0, 0.1) is 0 Å². The molecule has 154 valence electrons. The van der Waals surface area contributed by atoms with Gasteiger partial charge in [0.25, 0.3) is 0 Å². The van der Waals surface area contributed by atoms with E-state index in [1.807, 2.05) is 61.1 Å². The number of nitrogens with one attached hydrogen (secondary N) is 1. The van der Waals surface area contributed by atoms with Gasteiger partial charge in [-0.05, 0) is 47.5 Å². The highest BCUT2D eigenvalue weighted by atomic mass is 16.5. The smallest absolute Gasteiger partial charge is 0.328 e. The summed E-state index contributed by atoms with van der Waals surface area (Å²) in [6.07, 6.45) is 7.31. The third kappa shape index (κ3) is 3.50. The summed E-state index contributed by atoms with van der Waals surface area (Å²) in [7, 11) is 3.39. The fourth-order valence-corrected chi connectivity index (χ4v) is 3.72. The summed E-state index contributed by atoms with van der Waals surface area (Å²) >= 11 is 0. The molecule has 0 amide bonds. The molecule has 31 heavy (non-hydrogen) atoms. The molecule has 0 spiro atoms. The monoisotopic (exact) mass is 411 g/mol. The number of benzene rings is 1. The highest BCUT2D eigenvalue weighted by Crippen LogP contribution is 2.26. The molecule has 0 radical (unpaired) electrons. The maximum atomic E-state index is 12.8. The van der Waals surface area contributed by atoms with Gasteiger partial charge in [0, 0.05) is 42.8 Å². The number of methoxy groups -OCH3 is 1. The first-order chi connectivity index (χ1) is 15.1. The van der Waals surface area contributed by atoms with Crippen molar-refractivity contribution in [1.29, 1.82) is 0 Å². The summed E-state index contributed by atoms with van der Waals surface area (Å²) in [6.45, 7) is 0.446. The van der Waals surface area contributed by atoms with Crippen molar-refractivity contribution < 1.29 is 4.74 Å². The largest absolute Gasteiger partial charge is 0.497 e. The van der Waals surface area contributed by atoms with E-state index in [9.17, 15) is 4.79 Å². The molecule has 5 rings (SSSR count). The molecular weight excluding hydrogens is 390 g/mol. The fourth-order valence-electron chi connectivity index (χ4n) is 3.72. The second-order valence-corrected chi connectivity index (χ2v) is 7.41. The Labute approximate surface area is 178 Å². The molecule has 7 nitrogen and oxygen atoms in total. The summed E-state index contributed by atoms with van der Waals surface area (Å²) in [5.74, 6) is 0.784. The van der Waals surface area contributed by atoms with E-state index in [4.69, 9.17) is 4.74 Å². The van der Waals surface area contributed by atoms with Crippen molar-refractivity contribution in [3.63, 3.8) is 0 Å². The first kappa shape index (κ1) is 18.9. The van der Waals surface area contributed by atoms with Gasteiger partial charge in [0.2, 0.25) is 0 Å². The zero-order chi connectivity index (χ0) is 21.4. The van der Waals surface area contributed by atoms with E-state index in [-0.39, 0.29) is 5.69 Å². The van der Waals surface area contributed by atoms with Crippen LogP contribution in [0.3, 0.4) is 0 Å². The Kier molecular flexibility index (Phi) is 4.63. The lowest BCUT2D eigenvalue weighted by molar-refractivity contribution is 0.414. The van der Waals surface area contributed by atoms with E-state index in [2.05, 4.69) is 21.0 Å². The topological polar surface area (TPSA) is 77.7 Å². The lowest BCUT2D eigenvalue weighted by Gasteiger charge is -2.09. The van der Waals surface area contributed by atoms with E-state index >= 15 is 0 Å². The molecule has 0 aliphatic rings. The predicted molar refractivity (Wildman–Crippen MR) is 120 cm³/mol. The van der Waals surface area contributed by atoms with E-state index in [0.29, 0.717) is 6.54 Å². The third-order valence-corrected chi connectivity index (χ3v) is 5.39. The van der Waals surface area contributed by atoms with Gasteiger partial charge in [0.05, 0.1) is 25.0 Å². The number of aromatic amines is 1. The fraction of sp³-hybridized carbons (Fsp3) is 0.125. The summed E-state index contributed by atoms with van der Waals surface area (Å²) in [5, 5.41) is 1.05. The molecule has 0 saturated heterocycles. The SMILES string of the molecule is COc1ccc(Cn2c(-c3cc(-c4cnc5[nH]ccc5c4)ccn3)cn(C)c2=O)cc1. The minimum absolute atomic E-state index is 0.0894. The standard InChI is InChI=1S/C24H21N5O2/c1-28-15-22(29(24(28)30)14-16-3-5-20(31-2)6-4-16)21-12-17(7-9-25-21)19-11-18-8-10-26-23(18)27-13-19/h3-13,15H,14H2,1-2H3,(H,26,27). The Morgan fingerprint density at radius 3 is 2.68 bits per heavy atom. The van der Waals surface area contributed by atoms with Crippen LogP contribution in [0.1, 0.15) is 5.56 Å². The molecule has 5 aromatic rings. The van der Waals surface area contributed by atoms with Crippen molar-refractivity contribution in [3.05, 3.63) is 89.4 Å². The molecule has 4 heterocycles. The van der Waals surface area contributed by atoms with Crippen molar-refractivity contribution in [2.75, 3.05) is 7.11 Å². The molecule has 0 aliphatic carbocycles. The highest BCUT2D eigenvalue weighted by Gasteiger charge is 2.14. The van der Waals surface area contributed by atoms with Gasteiger partial charge in [-0.15, -0.1) is 0 Å². The van der Waals surface area contributed by atoms with Crippen molar-refractivity contribution in [2.24, 2.45) is 7.05 Å². The molecule has 0 bridgehead atoms. The van der Waals surface area contributed by atoms with Gasteiger partial charge in [-0.1, -0.05) is 12.1 Å². The van der Waals surface area contributed by atoms with Crippen molar-refractivity contribution in [1.82, 2.24) is 24.1 Å². The third-order valence-electron chi connectivity index (χ3n) is 5.39. The normalized spacial score (nSPS) is 11.2. The first-order valence-corrected chi connectivity index (χ1v) is 9.91. The molecule has 4 aromatic heterocycles. The van der Waals surface area contributed by atoms with Crippen LogP contribution in [0.5, 0.6) is 5.75 Å². The molecule has 0 saturated carbocycles. The van der Waals surface area contributed by atoms with Crippen LogP contribution in [0.15, 0.2) is 78.1 Å². The Morgan fingerprint density at radius 2 is 1.87 bits per heavy atom. The number of fused-ring (bicyclic) bond motifs is 1. The van der Waals surface area contributed by atoms with Gasteiger partial charge in [-0.2, -0.15) is 0 Å². The lowest BCUT2D eigenvalue weighted by atomic mass is 10.1. The minimum Gasteiger partial charge on any atom is -0.497 e. The minimum atomic E-state index is -0.0894. The number of hydrogen-bond donors (Lipinski definition) is 1. The van der Waals surface area contributed by atoms with E-state index in [1.54, 1.807) is 29.5 Å². The zero-order valence-electron chi connectivity index (χ0n) is 17.2. The van der Waals surface area contributed by atoms with E-state index < -0.39 is 0 Å². The van der Waals surface area contributed by atoms with Crippen LogP contribution in [0.25, 0.3) is 33.5 Å². The molecule has 0 fully saturated rings. The molecular formula is C24H21N5O2. The predicted octanol–water partition coefficient (Wildman–Crippen LogP) is 3.85. The summed E-state index contributed by atoms with van der Waals surface area (Å²) in [4.78, 5) is 25.0. The van der Waals surface area contributed by atoms with Crippen LogP contribution in [0.2, 0.25) is 0 Å². The highest BCUT2D eigenvalue weighted by molar-refractivity contribution is 5.82. The summed E-state index contributed by atoms with van der Waals surface area (Å²) in [5.41, 5.74) is 5.26. The van der Waals surface area contributed by atoms with Crippen LogP contribution >= 0.6 is 0 Å². The quantitative estimate of drug-likeness (QED) is 0.477. The maximum Gasteiger partial charge on any atom is 0.328 e. The number of aromatic nitrogens is 5. The Balaban J connectivity index is 1.55. The van der Waals surface area contributed by atoms with E-state index in [1.165, 1.54) is 0 Å². The van der Waals surface area contributed by atoms with Gasteiger partial charge < -0.3 is 14.3 Å². The number of aryl methyl sites for hydroxylation is 1. The molecule has 0 aliphatic heterocycles. The van der Waals surface area contributed by atoms with Gasteiger partial charge in [-0.3, -0.25) is 9.55 Å². The van der Waals surface area contributed by atoms with Crippen LogP contribution in [-0.2, 0) is 13.6 Å². The Bertz CT molecular complexity index is 1430. The summed E-state index contributed by atoms with van der Waals surface area (Å²) < 4.78 is 8.55. The van der Waals surface area contributed by atoms with Gasteiger partial charge in [0.15, 0.2) is 0 Å². The number of ether oxygens (including phenoxy) is 1. The number of imidazole rings is 1. The van der Waals surface area contributed by atoms with E-state index in [0.717, 1.165) is 44.9 Å². The molecule has 1 aromatic carbocycles. The molecule has 0 unspecified atom stereocenters. The average molecular weight is 411 g/mol. The van der Waals surface area contributed by atoms with Gasteiger partial charge >= 0.3 is 5.69 Å². The Hall–Kier alpha value is -4.13. The van der Waals surface area contributed by atoms with Crippen molar-refractivity contribution in [3.8, 4) is 28.3 Å². The number of hydrogen-bond acceptors (Lipinski definition) is 4. The molecule has 7 heteroatoms. The Morgan fingerprint density at radius 1 is 1.03 bits per heavy atom. The van der Waals surface area contributed by atoms with Crippen molar-refractivity contribution >= 4 is 11.0 Å². The van der Waals surface area contributed by atoms with Crippen LogP contribution in [0.4, 0.5) is 0 Å². The average Bonchev–Trinajstić information content (AvgIpc) is 3.39. The molecule has 0 atom stereocenters. The van der Waals surface area contributed by atoms with Gasteiger partial charge in [0.1, 0.15) is 11.4 Å². The van der Waals surface area contributed by atoms with Crippen LogP contribution in [-0.4, -0.2) is 31.2 Å². The first-order valence-electron chi connectivity index (χ1n) is 9.91.